The highest BCUT2D eigenvalue weighted by molar-refractivity contribution is 4.87. The van der Waals surface area contributed by atoms with Crippen molar-refractivity contribution in [1.29, 1.82) is 0 Å². The second-order valence-corrected chi connectivity index (χ2v) is 9.65. The highest BCUT2D eigenvalue weighted by Crippen LogP contribution is 2.36. The molecule has 0 amide bonds. The van der Waals surface area contributed by atoms with Crippen molar-refractivity contribution in [3.05, 3.63) is 6.92 Å². The van der Waals surface area contributed by atoms with E-state index in [0.29, 0.717) is 5.41 Å². The molecule has 0 aromatic rings. The van der Waals surface area contributed by atoms with Crippen LogP contribution < -0.4 is 0 Å². The molecule has 1 aliphatic rings. The average molecular weight is 323 g/mol. The minimum atomic E-state index is 0.194. The largest absolute Gasteiger partial charge is 0.300 e. The molecule has 0 saturated carbocycles. The van der Waals surface area contributed by atoms with Gasteiger partial charge in [-0.25, -0.2) is 0 Å². The van der Waals surface area contributed by atoms with Gasteiger partial charge in [0.2, 0.25) is 0 Å². The lowest BCUT2D eigenvalue weighted by Gasteiger charge is -2.41. The van der Waals surface area contributed by atoms with Gasteiger partial charge in [-0.1, -0.05) is 73.1 Å². The number of nitrogens with zero attached hydrogens (tertiary/aromatic N) is 1. The number of hydrogen-bond donors (Lipinski definition) is 0. The summed E-state index contributed by atoms with van der Waals surface area (Å²) in [5.41, 5.74) is 0.666. The van der Waals surface area contributed by atoms with Crippen molar-refractivity contribution >= 4 is 0 Å². The molecule has 1 aliphatic heterocycles. The molecule has 1 nitrogen and oxygen atoms in total. The van der Waals surface area contributed by atoms with Gasteiger partial charge in [0.25, 0.3) is 0 Å². The second-order valence-electron chi connectivity index (χ2n) is 9.65. The second kappa shape index (κ2) is 10.1. The van der Waals surface area contributed by atoms with Crippen LogP contribution >= 0.6 is 0 Å². The minimum Gasteiger partial charge on any atom is -0.300 e. The summed E-state index contributed by atoms with van der Waals surface area (Å²) in [5.74, 6) is 0. The first-order valence-corrected chi connectivity index (χ1v) is 10.3. The molecule has 0 aromatic carbocycles. The summed E-state index contributed by atoms with van der Waals surface area (Å²) >= 11 is 0. The van der Waals surface area contributed by atoms with Crippen LogP contribution in [0.15, 0.2) is 0 Å². The van der Waals surface area contributed by atoms with Crippen LogP contribution in [0.25, 0.3) is 0 Å². The molecule has 1 heterocycles. The Balaban J connectivity index is 2.52. The normalized spacial score (nSPS) is 19.0. The Morgan fingerprint density at radius 2 is 1.48 bits per heavy atom. The van der Waals surface area contributed by atoms with E-state index in [2.05, 4.69) is 46.4 Å². The molecule has 137 valence electrons. The third-order valence-electron chi connectivity index (χ3n) is 5.44. The van der Waals surface area contributed by atoms with Gasteiger partial charge in [-0.05, 0) is 62.9 Å². The lowest BCUT2D eigenvalue weighted by Crippen LogP contribution is -2.43. The first-order valence-electron chi connectivity index (χ1n) is 10.3. The summed E-state index contributed by atoms with van der Waals surface area (Å²) in [7, 11) is 0. The van der Waals surface area contributed by atoms with Crippen molar-refractivity contribution in [3.63, 3.8) is 0 Å². The molecule has 1 rings (SSSR count). The van der Waals surface area contributed by atoms with Crippen LogP contribution in [0.3, 0.4) is 0 Å². The van der Waals surface area contributed by atoms with Crippen LogP contribution in [0, 0.1) is 17.8 Å². The van der Waals surface area contributed by atoms with Crippen molar-refractivity contribution in [1.82, 2.24) is 4.90 Å². The third-order valence-corrected chi connectivity index (χ3v) is 5.44. The Hall–Kier alpha value is -0.0400. The van der Waals surface area contributed by atoms with E-state index in [-0.39, 0.29) is 5.41 Å². The molecule has 1 saturated heterocycles. The van der Waals surface area contributed by atoms with E-state index in [1.165, 1.54) is 83.7 Å². The highest BCUT2D eigenvalue weighted by Gasteiger charge is 2.30. The molecule has 23 heavy (non-hydrogen) atoms. The van der Waals surface area contributed by atoms with Gasteiger partial charge in [0.05, 0.1) is 0 Å². The van der Waals surface area contributed by atoms with Crippen molar-refractivity contribution in [2.45, 2.75) is 111 Å². The molecular weight excluding hydrogens is 278 g/mol. The van der Waals surface area contributed by atoms with E-state index < -0.39 is 0 Å². The minimum absolute atomic E-state index is 0.194. The van der Waals surface area contributed by atoms with Gasteiger partial charge in [-0.3, -0.25) is 0 Å². The van der Waals surface area contributed by atoms with Crippen molar-refractivity contribution < 1.29 is 0 Å². The van der Waals surface area contributed by atoms with Crippen LogP contribution in [-0.4, -0.2) is 24.0 Å². The number of unbranched alkanes of at least 4 members (excludes halogenated alkanes) is 4. The molecule has 1 heteroatoms. The molecule has 0 aliphatic carbocycles. The van der Waals surface area contributed by atoms with Crippen molar-refractivity contribution in [3.8, 4) is 0 Å². The zero-order chi connectivity index (χ0) is 17.3. The van der Waals surface area contributed by atoms with Crippen LogP contribution in [0.2, 0.25) is 0 Å². The maximum atomic E-state index is 4.40. The van der Waals surface area contributed by atoms with Crippen LogP contribution in [-0.2, 0) is 0 Å². The van der Waals surface area contributed by atoms with Gasteiger partial charge >= 0.3 is 0 Å². The number of hydrogen-bond acceptors (Lipinski definition) is 1. The lowest BCUT2D eigenvalue weighted by atomic mass is 9.76. The van der Waals surface area contributed by atoms with Gasteiger partial charge in [0, 0.05) is 6.04 Å². The number of rotatable bonds is 11. The maximum absolute atomic E-state index is 4.40. The van der Waals surface area contributed by atoms with E-state index >= 15 is 0 Å². The summed E-state index contributed by atoms with van der Waals surface area (Å²) in [5, 5.41) is 0. The topological polar surface area (TPSA) is 3.24 Å². The average Bonchev–Trinajstić information content (AvgIpc) is 2.45. The van der Waals surface area contributed by atoms with E-state index in [0.717, 1.165) is 6.04 Å². The van der Waals surface area contributed by atoms with Gasteiger partial charge in [0.15, 0.2) is 0 Å². The Morgan fingerprint density at radius 3 is 2.04 bits per heavy atom. The monoisotopic (exact) mass is 322 g/mol. The van der Waals surface area contributed by atoms with E-state index in [1.807, 2.05) is 0 Å². The molecule has 0 N–H and O–H groups in total. The van der Waals surface area contributed by atoms with Crippen molar-refractivity contribution in [2.75, 3.05) is 13.1 Å². The summed E-state index contributed by atoms with van der Waals surface area (Å²) in [6.45, 7) is 18.9. The molecular formula is C22H44N. The summed E-state index contributed by atoms with van der Waals surface area (Å²) < 4.78 is 0. The SMILES string of the molecule is [CH2]C(C)(C)CC(CC(C)(C)CCCCCCC)N1CCCCC1. The fourth-order valence-electron chi connectivity index (χ4n) is 4.20. The Morgan fingerprint density at radius 1 is 0.870 bits per heavy atom. The van der Waals surface area contributed by atoms with Gasteiger partial charge in [-0.15, -0.1) is 0 Å². The molecule has 1 atom stereocenters. The summed E-state index contributed by atoms with van der Waals surface area (Å²) in [6, 6.07) is 0.730. The molecule has 0 aromatic heterocycles. The van der Waals surface area contributed by atoms with Crippen LogP contribution in [0.5, 0.6) is 0 Å². The molecule has 0 spiro atoms. The fraction of sp³-hybridized carbons (Fsp3) is 0.955. The first-order chi connectivity index (χ1) is 10.7. The fourth-order valence-corrected chi connectivity index (χ4v) is 4.20. The zero-order valence-corrected chi connectivity index (χ0v) is 16.9. The quantitative estimate of drug-likeness (QED) is 0.375. The predicted octanol–water partition coefficient (Wildman–Crippen LogP) is 6.87. The highest BCUT2D eigenvalue weighted by atomic mass is 15.2. The van der Waals surface area contributed by atoms with E-state index in [9.17, 15) is 0 Å². The van der Waals surface area contributed by atoms with Crippen LogP contribution in [0.1, 0.15) is 105 Å². The van der Waals surface area contributed by atoms with Gasteiger partial charge in [0.1, 0.15) is 0 Å². The molecule has 1 radical (unpaired) electrons. The molecule has 0 bridgehead atoms. The lowest BCUT2D eigenvalue weighted by molar-refractivity contribution is 0.0887. The zero-order valence-electron chi connectivity index (χ0n) is 16.9. The van der Waals surface area contributed by atoms with Gasteiger partial charge in [-0.2, -0.15) is 0 Å². The summed E-state index contributed by atoms with van der Waals surface area (Å²) in [6.07, 6.45) is 15.2. The molecule has 1 unspecified atom stereocenters. The van der Waals surface area contributed by atoms with Crippen molar-refractivity contribution in [2.24, 2.45) is 10.8 Å². The Bertz CT molecular complexity index is 294. The first kappa shape index (κ1) is 21.0. The third kappa shape index (κ3) is 9.75. The van der Waals surface area contributed by atoms with Gasteiger partial charge < -0.3 is 4.90 Å². The standard InChI is InChI=1S/C22H44N/c1-7-8-9-10-12-15-22(5,6)19-20(18-21(2,3)4)23-16-13-11-14-17-23/h20H,2,7-19H2,1,3-6H3. The molecule has 1 fully saturated rings. The maximum Gasteiger partial charge on any atom is 0.0105 e. The Labute approximate surface area is 147 Å². The van der Waals surface area contributed by atoms with E-state index in [1.54, 1.807) is 0 Å². The number of piperidine rings is 1. The smallest absolute Gasteiger partial charge is 0.0105 e. The number of likely N-dealkylation sites (tertiary alicyclic amines) is 1. The van der Waals surface area contributed by atoms with E-state index in [4.69, 9.17) is 0 Å². The predicted molar refractivity (Wildman–Crippen MR) is 105 cm³/mol. The van der Waals surface area contributed by atoms with Crippen LogP contribution in [0.4, 0.5) is 0 Å². The Kier molecular flexibility index (Phi) is 9.19. The summed E-state index contributed by atoms with van der Waals surface area (Å²) in [4.78, 5) is 2.79.